The molecule has 0 heterocycles. The Hall–Kier alpha value is -2.37. The number of hydrogen-bond acceptors (Lipinski definition) is 4. The molecule has 0 aliphatic heterocycles. The Morgan fingerprint density at radius 2 is 1.73 bits per heavy atom. The van der Waals surface area contributed by atoms with Crippen LogP contribution >= 0.6 is 0 Å². The van der Waals surface area contributed by atoms with Gasteiger partial charge in [-0.3, -0.25) is 14.4 Å². The highest BCUT2D eigenvalue weighted by atomic mass is 16.5. The Labute approximate surface area is 130 Å². The minimum atomic E-state index is -0.724. The van der Waals surface area contributed by atoms with E-state index in [9.17, 15) is 14.4 Å². The molecule has 0 aromatic heterocycles. The van der Waals surface area contributed by atoms with Crippen LogP contribution in [0.2, 0.25) is 0 Å². The van der Waals surface area contributed by atoms with Crippen molar-refractivity contribution in [3.63, 3.8) is 0 Å². The summed E-state index contributed by atoms with van der Waals surface area (Å²) >= 11 is 0. The molecule has 0 fully saturated rings. The fourth-order valence-corrected chi connectivity index (χ4v) is 1.81. The van der Waals surface area contributed by atoms with Crippen LogP contribution in [-0.4, -0.2) is 37.5 Å². The quantitative estimate of drug-likeness (QED) is 0.769. The average molecular weight is 306 g/mol. The van der Waals surface area contributed by atoms with Crippen molar-refractivity contribution in [2.24, 2.45) is 5.92 Å². The summed E-state index contributed by atoms with van der Waals surface area (Å²) in [4.78, 5) is 35.3. The van der Waals surface area contributed by atoms with Gasteiger partial charge in [0.05, 0.1) is 7.11 Å². The third kappa shape index (κ3) is 5.20. The van der Waals surface area contributed by atoms with E-state index >= 15 is 0 Å². The van der Waals surface area contributed by atoms with Crippen molar-refractivity contribution >= 4 is 17.8 Å². The molecule has 22 heavy (non-hydrogen) atoms. The number of esters is 1. The van der Waals surface area contributed by atoms with Crippen LogP contribution in [0.5, 0.6) is 0 Å². The van der Waals surface area contributed by atoms with Crippen LogP contribution in [0.4, 0.5) is 0 Å². The third-order valence-corrected chi connectivity index (χ3v) is 3.18. The number of aryl methyl sites for hydroxylation is 1. The van der Waals surface area contributed by atoms with Crippen LogP contribution in [0.25, 0.3) is 0 Å². The molecule has 0 saturated carbocycles. The van der Waals surface area contributed by atoms with Crippen molar-refractivity contribution in [1.82, 2.24) is 10.6 Å². The smallest absolute Gasteiger partial charge is 0.325 e. The molecule has 2 amide bonds. The molecule has 1 aromatic carbocycles. The van der Waals surface area contributed by atoms with Crippen LogP contribution in [0.15, 0.2) is 24.3 Å². The number of benzene rings is 1. The molecule has 0 spiro atoms. The topological polar surface area (TPSA) is 84.5 Å². The van der Waals surface area contributed by atoms with Gasteiger partial charge < -0.3 is 15.4 Å². The fourth-order valence-electron chi connectivity index (χ4n) is 1.81. The van der Waals surface area contributed by atoms with Crippen LogP contribution in [0.3, 0.4) is 0 Å². The summed E-state index contributed by atoms with van der Waals surface area (Å²) in [6.45, 7) is 5.34. The Bertz CT molecular complexity index is 538. The van der Waals surface area contributed by atoms with Crippen molar-refractivity contribution in [3.05, 3.63) is 35.4 Å². The standard InChI is InChI=1S/C16H22N2O4/c1-10(2)14(16(21)17-9-13(19)22-4)18-15(20)12-7-5-11(3)6-8-12/h5-8,10,14H,9H2,1-4H3,(H,17,21)(H,18,20). The van der Waals surface area contributed by atoms with Gasteiger partial charge in [0.2, 0.25) is 5.91 Å². The molecule has 0 aliphatic rings. The second-order valence-electron chi connectivity index (χ2n) is 5.36. The summed E-state index contributed by atoms with van der Waals surface area (Å²) in [5.41, 5.74) is 1.53. The summed E-state index contributed by atoms with van der Waals surface area (Å²) in [5, 5.41) is 5.14. The lowest BCUT2D eigenvalue weighted by Crippen LogP contribution is -2.50. The third-order valence-electron chi connectivity index (χ3n) is 3.18. The minimum absolute atomic E-state index is 0.118. The molecular formula is C16H22N2O4. The Morgan fingerprint density at radius 3 is 2.23 bits per heavy atom. The molecule has 6 nitrogen and oxygen atoms in total. The zero-order valence-corrected chi connectivity index (χ0v) is 13.3. The van der Waals surface area contributed by atoms with Gasteiger partial charge in [-0.05, 0) is 25.0 Å². The minimum Gasteiger partial charge on any atom is -0.468 e. The number of nitrogens with one attached hydrogen (secondary N) is 2. The second kappa shape index (κ2) is 8.17. The highest BCUT2D eigenvalue weighted by Crippen LogP contribution is 2.07. The van der Waals surface area contributed by atoms with Crippen LogP contribution < -0.4 is 10.6 Å². The highest BCUT2D eigenvalue weighted by molar-refractivity contribution is 5.98. The molecule has 1 rings (SSSR count). The zero-order valence-electron chi connectivity index (χ0n) is 13.3. The van der Waals surface area contributed by atoms with Gasteiger partial charge in [0.15, 0.2) is 0 Å². The Morgan fingerprint density at radius 1 is 1.14 bits per heavy atom. The lowest BCUT2D eigenvalue weighted by Gasteiger charge is -2.21. The molecule has 6 heteroatoms. The highest BCUT2D eigenvalue weighted by Gasteiger charge is 2.25. The van der Waals surface area contributed by atoms with E-state index in [4.69, 9.17) is 0 Å². The number of hydrogen-bond donors (Lipinski definition) is 2. The monoisotopic (exact) mass is 306 g/mol. The van der Waals surface area contributed by atoms with E-state index in [0.29, 0.717) is 5.56 Å². The first kappa shape index (κ1) is 17.7. The molecule has 0 saturated heterocycles. The number of rotatable bonds is 6. The van der Waals surface area contributed by atoms with Gasteiger partial charge in [0.1, 0.15) is 12.6 Å². The molecular weight excluding hydrogens is 284 g/mol. The normalized spacial score (nSPS) is 11.7. The van der Waals surface area contributed by atoms with E-state index in [-0.39, 0.29) is 18.4 Å². The maximum Gasteiger partial charge on any atom is 0.325 e. The first-order valence-electron chi connectivity index (χ1n) is 7.07. The van der Waals surface area contributed by atoms with Gasteiger partial charge in [-0.25, -0.2) is 0 Å². The summed E-state index contributed by atoms with van der Waals surface area (Å²) in [6, 6.07) is 6.34. The fraction of sp³-hybridized carbons (Fsp3) is 0.438. The lowest BCUT2D eigenvalue weighted by atomic mass is 10.0. The van der Waals surface area contributed by atoms with Crippen molar-refractivity contribution < 1.29 is 19.1 Å². The van der Waals surface area contributed by atoms with Crippen molar-refractivity contribution in [2.75, 3.05) is 13.7 Å². The maximum absolute atomic E-state index is 12.2. The first-order chi connectivity index (χ1) is 10.3. The van der Waals surface area contributed by atoms with Crippen molar-refractivity contribution in [1.29, 1.82) is 0 Å². The SMILES string of the molecule is COC(=O)CNC(=O)C(NC(=O)c1ccc(C)cc1)C(C)C. The summed E-state index contributed by atoms with van der Waals surface area (Å²) < 4.78 is 4.46. The first-order valence-corrected chi connectivity index (χ1v) is 7.07. The Kier molecular flexibility index (Phi) is 6.56. The number of carbonyl (C=O) groups excluding carboxylic acids is 3. The van der Waals surface area contributed by atoms with Crippen molar-refractivity contribution in [2.45, 2.75) is 26.8 Å². The van der Waals surface area contributed by atoms with E-state index in [0.717, 1.165) is 5.56 Å². The predicted molar refractivity (Wildman–Crippen MR) is 82.3 cm³/mol. The number of ether oxygens (including phenoxy) is 1. The number of methoxy groups -OCH3 is 1. The van der Waals surface area contributed by atoms with Gasteiger partial charge in [-0.1, -0.05) is 31.5 Å². The number of carbonyl (C=O) groups is 3. The maximum atomic E-state index is 12.2. The van der Waals surface area contributed by atoms with Gasteiger partial charge in [0, 0.05) is 5.56 Å². The largest absolute Gasteiger partial charge is 0.468 e. The van der Waals surface area contributed by atoms with Gasteiger partial charge in [0.25, 0.3) is 5.91 Å². The zero-order chi connectivity index (χ0) is 16.7. The van der Waals surface area contributed by atoms with Crippen LogP contribution in [-0.2, 0) is 14.3 Å². The van der Waals surface area contributed by atoms with Crippen molar-refractivity contribution in [3.8, 4) is 0 Å². The van der Waals surface area contributed by atoms with E-state index in [1.165, 1.54) is 7.11 Å². The van der Waals surface area contributed by atoms with E-state index in [1.54, 1.807) is 12.1 Å². The van der Waals surface area contributed by atoms with Gasteiger partial charge >= 0.3 is 5.97 Å². The number of amides is 2. The van der Waals surface area contributed by atoms with Gasteiger partial charge in [-0.2, -0.15) is 0 Å². The molecule has 2 N–H and O–H groups in total. The molecule has 1 atom stereocenters. The second-order valence-corrected chi connectivity index (χ2v) is 5.36. The summed E-state index contributed by atoms with van der Waals surface area (Å²) in [5.74, 6) is -1.40. The van der Waals surface area contributed by atoms with E-state index in [2.05, 4.69) is 15.4 Å². The molecule has 1 unspecified atom stereocenters. The van der Waals surface area contributed by atoms with Gasteiger partial charge in [-0.15, -0.1) is 0 Å². The Balaban J connectivity index is 2.71. The summed E-state index contributed by atoms with van der Waals surface area (Å²) in [6.07, 6.45) is 0. The van der Waals surface area contributed by atoms with Crippen LogP contribution in [0.1, 0.15) is 29.8 Å². The lowest BCUT2D eigenvalue weighted by molar-refractivity contribution is -0.141. The summed E-state index contributed by atoms with van der Waals surface area (Å²) in [7, 11) is 1.24. The van der Waals surface area contributed by atoms with E-state index in [1.807, 2.05) is 32.9 Å². The van der Waals surface area contributed by atoms with E-state index < -0.39 is 17.9 Å². The molecule has 120 valence electrons. The molecule has 0 bridgehead atoms. The molecule has 0 aliphatic carbocycles. The molecule has 0 radical (unpaired) electrons. The van der Waals surface area contributed by atoms with Crippen LogP contribution in [0, 0.1) is 12.8 Å². The molecule has 1 aromatic rings. The average Bonchev–Trinajstić information content (AvgIpc) is 2.49. The predicted octanol–water partition coefficient (Wildman–Crippen LogP) is 1.04.